The summed E-state index contributed by atoms with van der Waals surface area (Å²) in [7, 11) is 0. The van der Waals surface area contributed by atoms with Gasteiger partial charge in [0, 0.05) is 19.6 Å². The third kappa shape index (κ3) is 3.18. The smallest absolute Gasteiger partial charge is 0.0774 e. The van der Waals surface area contributed by atoms with E-state index in [1.165, 1.54) is 30.4 Å². The number of nitrogens with zero attached hydrogens (tertiary/aromatic N) is 1. The van der Waals surface area contributed by atoms with Crippen LogP contribution in [0.5, 0.6) is 0 Å². The predicted molar refractivity (Wildman–Crippen MR) is 78.3 cm³/mol. The van der Waals surface area contributed by atoms with Gasteiger partial charge in [0.2, 0.25) is 0 Å². The second kappa shape index (κ2) is 5.64. The third-order valence-electron chi connectivity index (χ3n) is 4.82. The molecule has 0 radical (unpaired) electrons. The van der Waals surface area contributed by atoms with Crippen molar-refractivity contribution >= 4 is 0 Å². The van der Waals surface area contributed by atoms with E-state index in [0.717, 1.165) is 45.3 Å². The van der Waals surface area contributed by atoms with E-state index in [-0.39, 0.29) is 0 Å². The van der Waals surface area contributed by atoms with Crippen LogP contribution in [0.3, 0.4) is 0 Å². The van der Waals surface area contributed by atoms with Crippen molar-refractivity contribution in [3.8, 4) is 0 Å². The number of hydrogen-bond acceptors (Lipinski definition) is 2. The summed E-state index contributed by atoms with van der Waals surface area (Å²) in [6.07, 6.45) is 7.95. The van der Waals surface area contributed by atoms with Gasteiger partial charge in [0.25, 0.3) is 0 Å². The summed E-state index contributed by atoms with van der Waals surface area (Å²) in [4.78, 5) is 2.48. The minimum Gasteiger partial charge on any atom is -0.389 e. The molecule has 0 unspecified atom stereocenters. The summed E-state index contributed by atoms with van der Waals surface area (Å²) in [5.41, 5.74) is 2.59. The first kappa shape index (κ1) is 13.1. The van der Waals surface area contributed by atoms with Crippen molar-refractivity contribution in [3.63, 3.8) is 0 Å². The highest BCUT2D eigenvalue weighted by Gasteiger charge is 2.31. The van der Waals surface area contributed by atoms with Gasteiger partial charge in [0.15, 0.2) is 0 Å². The maximum absolute atomic E-state index is 10.7. The van der Waals surface area contributed by atoms with Gasteiger partial charge in [-0.25, -0.2) is 0 Å². The fraction of sp³-hybridized carbons (Fsp3) is 0.647. The molecule has 1 aliphatic heterocycles. The van der Waals surface area contributed by atoms with Crippen LogP contribution in [-0.4, -0.2) is 35.2 Å². The highest BCUT2D eigenvalue weighted by atomic mass is 16.3. The van der Waals surface area contributed by atoms with Crippen LogP contribution in [0.2, 0.25) is 0 Å². The molecule has 19 heavy (non-hydrogen) atoms. The summed E-state index contributed by atoms with van der Waals surface area (Å²) < 4.78 is 0. The second-order valence-electron chi connectivity index (χ2n) is 6.33. The minimum atomic E-state index is -0.408. The van der Waals surface area contributed by atoms with Gasteiger partial charge in [-0.2, -0.15) is 0 Å². The summed E-state index contributed by atoms with van der Waals surface area (Å²) >= 11 is 0. The molecule has 2 nitrogen and oxygen atoms in total. The summed E-state index contributed by atoms with van der Waals surface area (Å²) in [6, 6.07) is 8.80. The lowest BCUT2D eigenvalue weighted by molar-refractivity contribution is -0.0253. The molecule has 2 aliphatic rings. The van der Waals surface area contributed by atoms with Crippen LogP contribution in [-0.2, 0) is 12.8 Å². The zero-order valence-electron chi connectivity index (χ0n) is 11.8. The quantitative estimate of drug-likeness (QED) is 0.883. The van der Waals surface area contributed by atoms with Crippen LogP contribution in [0.4, 0.5) is 0 Å². The van der Waals surface area contributed by atoms with Crippen molar-refractivity contribution in [1.82, 2.24) is 4.90 Å². The molecule has 0 saturated heterocycles. The number of hydrogen-bond donors (Lipinski definition) is 1. The molecule has 1 saturated carbocycles. The molecule has 0 bridgehead atoms. The van der Waals surface area contributed by atoms with E-state index in [4.69, 9.17) is 0 Å². The van der Waals surface area contributed by atoms with Crippen molar-refractivity contribution in [2.45, 2.75) is 50.5 Å². The Morgan fingerprint density at radius 2 is 1.53 bits per heavy atom. The Morgan fingerprint density at radius 3 is 2.11 bits per heavy atom. The van der Waals surface area contributed by atoms with E-state index in [2.05, 4.69) is 29.2 Å². The Kier molecular flexibility index (Phi) is 3.90. The molecular formula is C17H25NO. The topological polar surface area (TPSA) is 23.5 Å². The molecular weight excluding hydrogens is 234 g/mol. The maximum Gasteiger partial charge on any atom is 0.0774 e. The van der Waals surface area contributed by atoms with Gasteiger partial charge in [-0.05, 0) is 36.8 Å². The van der Waals surface area contributed by atoms with Crippen LogP contribution in [0.25, 0.3) is 0 Å². The molecule has 1 aromatic rings. The molecule has 0 amide bonds. The number of fused-ring (bicyclic) bond motifs is 1. The Bertz CT molecular complexity index is 396. The van der Waals surface area contributed by atoms with E-state index in [0.29, 0.717) is 0 Å². The van der Waals surface area contributed by atoms with Gasteiger partial charge in [-0.1, -0.05) is 43.5 Å². The molecule has 2 heteroatoms. The second-order valence-corrected chi connectivity index (χ2v) is 6.33. The standard InChI is InChI=1S/C17H25NO/c19-17(10-4-1-5-11-17)14-18-12-8-15-6-2-3-7-16(15)9-13-18/h2-3,6-7,19H,1,4-5,8-14H2. The zero-order valence-corrected chi connectivity index (χ0v) is 11.8. The highest BCUT2D eigenvalue weighted by molar-refractivity contribution is 5.28. The van der Waals surface area contributed by atoms with Crippen molar-refractivity contribution in [3.05, 3.63) is 35.4 Å². The zero-order chi connectivity index (χ0) is 13.1. The fourth-order valence-electron chi connectivity index (χ4n) is 3.66. The van der Waals surface area contributed by atoms with Gasteiger partial charge in [-0.3, -0.25) is 4.90 Å². The van der Waals surface area contributed by atoms with Gasteiger partial charge in [0.05, 0.1) is 5.60 Å². The lowest BCUT2D eigenvalue weighted by Crippen LogP contribution is -2.45. The monoisotopic (exact) mass is 259 g/mol. The van der Waals surface area contributed by atoms with E-state index in [1.807, 2.05) is 0 Å². The Morgan fingerprint density at radius 1 is 0.947 bits per heavy atom. The van der Waals surface area contributed by atoms with Crippen LogP contribution < -0.4 is 0 Å². The van der Waals surface area contributed by atoms with E-state index in [9.17, 15) is 5.11 Å². The molecule has 1 fully saturated rings. The normalized spacial score (nSPS) is 23.6. The largest absolute Gasteiger partial charge is 0.389 e. The SMILES string of the molecule is OC1(CN2CCc3ccccc3CC2)CCCCC1. The average molecular weight is 259 g/mol. The van der Waals surface area contributed by atoms with Crippen LogP contribution in [0, 0.1) is 0 Å². The minimum absolute atomic E-state index is 0.408. The van der Waals surface area contributed by atoms with Gasteiger partial charge < -0.3 is 5.11 Å². The summed E-state index contributed by atoms with van der Waals surface area (Å²) in [6.45, 7) is 3.07. The first-order chi connectivity index (χ1) is 9.25. The third-order valence-corrected chi connectivity index (χ3v) is 4.82. The molecule has 1 aliphatic carbocycles. The molecule has 3 rings (SSSR count). The van der Waals surface area contributed by atoms with Crippen molar-refractivity contribution in [2.75, 3.05) is 19.6 Å². The molecule has 0 atom stereocenters. The number of aliphatic hydroxyl groups is 1. The summed E-state index contributed by atoms with van der Waals surface area (Å²) in [5.74, 6) is 0. The van der Waals surface area contributed by atoms with Gasteiger partial charge in [0.1, 0.15) is 0 Å². The molecule has 1 heterocycles. The van der Waals surface area contributed by atoms with Crippen molar-refractivity contribution in [2.24, 2.45) is 0 Å². The predicted octanol–water partition coefficient (Wildman–Crippen LogP) is 2.78. The summed E-state index contributed by atoms with van der Waals surface area (Å²) in [5, 5.41) is 10.7. The molecule has 104 valence electrons. The Labute approximate surface area is 116 Å². The van der Waals surface area contributed by atoms with Crippen LogP contribution in [0.15, 0.2) is 24.3 Å². The lowest BCUT2D eigenvalue weighted by atomic mass is 9.84. The molecule has 0 aromatic heterocycles. The van der Waals surface area contributed by atoms with Crippen molar-refractivity contribution in [1.29, 1.82) is 0 Å². The first-order valence-corrected chi connectivity index (χ1v) is 7.77. The molecule has 1 N–H and O–H groups in total. The number of benzene rings is 1. The van der Waals surface area contributed by atoms with Crippen LogP contribution >= 0.6 is 0 Å². The lowest BCUT2D eigenvalue weighted by Gasteiger charge is -2.36. The van der Waals surface area contributed by atoms with Crippen molar-refractivity contribution < 1.29 is 5.11 Å². The highest BCUT2D eigenvalue weighted by Crippen LogP contribution is 2.29. The number of rotatable bonds is 2. The molecule has 0 spiro atoms. The van der Waals surface area contributed by atoms with Gasteiger partial charge >= 0.3 is 0 Å². The number of β-amino-alcohol motifs (C(OH)–C–C–N with tert-alkyl or cyclic N) is 1. The first-order valence-electron chi connectivity index (χ1n) is 7.77. The van der Waals surface area contributed by atoms with Crippen LogP contribution in [0.1, 0.15) is 43.2 Å². The van der Waals surface area contributed by atoms with E-state index >= 15 is 0 Å². The maximum atomic E-state index is 10.7. The van der Waals surface area contributed by atoms with E-state index in [1.54, 1.807) is 0 Å². The van der Waals surface area contributed by atoms with Gasteiger partial charge in [-0.15, -0.1) is 0 Å². The average Bonchev–Trinajstić information content (AvgIpc) is 2.62. The van der Waals surface area contributed by atoms with E-state index < -0.39 is 5.60 Å². The fourth-order valence-corrected chi connectivity index (χ4v) is 3.66. The Hall–Kier alpha value is -0.860. The molecule has 1 aromatic carbocycles. The Balaban J connectivity index is 1.62.